The minimum Gasteiger partial charge on any atom is -0.497 e. The number of aryl methyl sites for hydroxylation is 1. The van der Waals surface area contributed by atoms with Crippen molar-refractivity contribution < 1.29 is 4.74 Å². The molecule has 2 N–H and O–H groups in total. The van der Waals surface area contributed by atoms with E-state index in [1.54, 1.807) is 7.11 Å². The van der Waals surface area contributed by atoms with Crippen molar-refractivity contribution in [1.82, 2.24) is 5.32 Å². The Bertz CT molecular complexity index is 717. The summed E-state index contributed by atoms with van der Waals surface area (Å²) in [5, 5.41) is 7.34. The molecule has 0 amide bonds. The molecule has 1 fully saturated rings. The molecule has 3 rings (SSSR count). The Morgan fingerprint density at radius 1 is 1.20 bits per heavy atom. The van der Waals surface area contributed by atoms with Crippen molar-refractivity contribution in [3.63, 3.8) is 0 Å². The first kappa shape index (κ1) is 17.5. The largest absolute Gasteiger partial charge is 0.497 e. The molecule has 0 bridgehead atoms. The monoisotopic (exact) mass is 355 g/mol. The number of benzene rings is 2. The summed E-state index contributed by atoms with van der Waals surface area (Å²) in [7, 11) is 1.69. The number of nitrogens with one attached hydrogen (secondary N) is 2. The average molecular weight is 356 g/mol. The van der Waals surface area contributed by atoms with E-state index in [1.165, 1.54) is 17.7 Å². The van der Waals surface area contributed by atoms with Crippen LogP contribution in [0.15, 0.2) is 48.5 Å². The van der Waals surface area contributed by atoms with Crippen LogP contribution in [-0.2, 0) is 0 Å². The number of ether oxygens (including phenoxy) is 1. The Morgan fingerprint density at radius 2 is 1.96 bits per heavy atom. The molecule has 132 valence electrons. The lowest BCUT2D eigenvalue weighted by atomic mass is 10.1. The number of para-hydroxylation sites is 1. The van der Waals surface area contributed by atoms with Gasteiger partial charge in [0.15, 0.2) is 5.11 Å². The van der Waals surface area contributed by atoms with E-state index >= 15 is 0 Å². The number of hydrogen-bond donors (Lipinski definition) is 2. The highest BCUT2D eigenvalue weighted by Gasteiger charge is 2.22. The number of thiocarbonyl (C=S) groups is 1. The highest BCUT2D eigenvalue weighted by Crippen LogP contribution is 2.25. The zero-order valence-corrected chi connectivity index (χ0v) is 15.6. The Hall–Kier alpha value is -2.27. The van der Waals surface area contributed by atoms with E-state index in [-0.39, 0.29) is 0 Å². The van der Waals surface area contributed by atoms with E-state index in [0.717, 1.165) is 31.1 Å². The summed E-state index contributed by atoms with van der Waals surface area (Å²) in [5.41, 5.74) is 3.51. The van der Waals surface area contributed by atoms with Gasteiger partial charge in [-0.2, -0.15) is 0 Å². The third kappa shape index (κ3) is 4.63. The third-order valence-corrected chi connectivity index (χ3v) is 4.91. The summed E-state index contributed by atoms with van der Waals surface area (Å²) >= 11 is 5.43. The maximum absolute atomic E-state index is 5.43. The highest BCUT2D eigenvalue weighted by atomic mass is 32.1. The fourth-order valence-electron chi connectivity index (χ4n) is 3.14. The smallest absolute Gasteiger partial charge is 0.170 e. The minimum atomic E-state index is 0.596. The number of hydrogen-bond acceptors (Lipinski definition) is 3. The van der Waals surface area contributed by atoms with Crippen LogP contribution in [0.5, 0.6) is 5.75 Å². The Kier molecular flexibility index (Phi) is 5.76. The van der Waals surface area contributed by atoms with Crippen molar-refractivity contribution in [1.29, 1.82) is 0 Å². The van der Waals surface area contributed by atoms with Gasteiger partial charge in [-0.05, 0) is 67.4 Å². The van der Waals surface area contributed by atoms with Gasteiger partial charge >= 0.3 is 0 Å². The zero-order valence-electron chi connectivity index (χ0n) is 14.8. The molecule has 2 aromatic rings. The molecule has 0 radical (unpaired) electrons. The number of methoxy groups -OCH3 is 1. The van der Waals surface area contributed by atoms with Crippen molar-refractivity contribution in [2.24, 2.45) is 5.92 Å². The van der Waals surface area contributed by atoms with Crippen LogP contribution in [0.25, 0.3) is 0 Å². The molecule has 0 aromatic heterocycles. The topological polar surface area (TPSA) is 36.5 Å². The molecular weight excluding hydrogens is 330 g/mol. The van der Waals surface area contributed by atoms with Crippen molar-refractivity contribution in [2.75, 3.05) is 37.0 Å². The number of anilines is 2. The van der Waals surface area contributed by atoms with Crippen LogP contribution in [0.4, 0.5) is 11.4 Å². The van der Waals surface area contributed by atoms with Crippen LogP contribution in [0.3, 0.4) is 0 Å². The Balaban J connectivity index is 1.46. The van der Waals surface area contributed by atoms with Gasteiger partial charge in [-0.3, -0.25) is 0 Å². The summed E-state index contributed by atoms with van der Waals surface area (Å²) in [6, 6.07) is 16.5. The van der Waals surface area contributed by atoms with Crippen LogP contribution in [0, 0.1) is 12.8 Å². The molecule has 1 aliphatic rings. The second-order valence-corrected chi connectivity index (χ2v) is 6.86. The van der Waals surface area contributed by atoms with Crippen LogP contribution >= 0.6 is 12.2 Å². The van der Waals surface area contributed by atoms with Gasteiger partial charge in [0.05, 0.1) is 7.11 Å². The molecule has 4 nitrogen and oxygen atoms in total. The van der Waals surface area contributed by atoms with E-state index in [1.807, 2.05) is 30.3 Å². The average Bonchev–Trinajstić information content (AvgIpc) is 3.11. The summed E-state index contributed by atoms with van der Waals surface area (Å²) in [6.45, 7) is 5.10. The molecule has 2 aromatic carbocycles. The summed E-state index contributed by atoms with van der Waals surface area (Å²) in [5.74, 6) is 1.49. The molecule has 25 heavy (non-hydrogen) atoms. The molecule has 1 atom stereocenters. The lowest BCUT2D eigenvalue weighted by Gasteiger charge is -2.19. The first-order valence-corrected chi connectivity index (χ1v) is 9.06. The lowest BCUT2D eigenvalue weighted by molar-refractivity contribution is 0.415. The number of rotatable bonds is 5. The molecule has 1 unspecified atom stereocenters. The SMILES string of the molecule is COc1ccc(N2CCC(CNC(=S)Nc3ccccc3C)C2)cc1. The zero-order chi connectivity index (χ0) is 17.6. The molecule has 0 aliphatic carbocycles. The molecule has 1 aliphatic heterocycles. The minimum absolute atomic E-state index is 0.596. The van der Waals surface area contributed by atoms with E-state index in [0.29, 0.717) is 11.0 Å². The van der Waals surface area contributed by atoms with Crippen LogP contribution in [0.2, 0.25) is 0 Å². The predicted molar refractivity (Wildman–Crippen MR) is 109 cm³/mol. The molecule has 0 saturated carbocycles. The second kappa shape index (κ2) is 8.21. The van der Waals surface area contributed by atoms with Gasteiger partial charge in [0.25, 0.3) is 0 Å². The summed E-state index contributed by atoms with van der Waals surface area (Å²) in [6.07, 6.45) is 1.17. The predicted octanol–water partition coefficient (Wildman–Crippen LogP) is 3.82. The van der Waals surface area contributed by atoms with Crippen LogP contribution in [-0.4, -0.2) is 31.9 Å². The summed E-state index contributed by atoms with van der Waals surface area (Å²) < 4.78 is 5.23. The van der Waals surface area contributed by atoms with Gasteiger partial charge in [-0.15, -0.1) is 0 Å². The van der Waals surface area contributed by atoms with Gasteiger partial charge < -0.3 is 20.3 Å². The normalized spacial score (nSPS) is 16.6. The van der Waals surface area contributed by atoms with Crippen molar-refractivity contribution >= 4 is 28.7 Å². The van der Waals surface area contributed by atoms with Crippen LogP contribution < -0.4 is 20.3 Å². The highest BCUT2D eigenvalue weighted by molar-refractivity contribution is 7.80. The van der Waals surface area contributed by atoms with E-state index in [2.05, 4.69) is 40.7 Å². The van der Waals surface area contributed by atoms with Crippen LogP contribution in [0.1, 0.15) is 12.0 Å². The van der Waals surface area contributed by atoms with Crippen molar-refractivity contribution in [3.8, 4) is 5.75 Å². The quantitative estimate of drug-likeness (QED) is 0.798. The van der Waals surface area contributed by atoms with Gasteiger partial charge in [0.1, 0.15) is 5.75 Å². The Labute approximate surface area is 155 Å². The second-order valence-electron chi connectivity index (χ2n) is 6.45. The molecular formula is C20H25N3OS. The van der Waals surface area contributed by atoms with E-state index in [4.69, 9.17) is 17.0 Å². The first-order chi connectivity index (χ1) is 12.2. The third-order valence-electron chi connectivity index (χ3n) is 4.67. The summed E-state index contributed by atoms with van der Waals surface area (Å²) in [4.78, 5) is 2.42. The Morgan fingerprint density at radius 3 is 2.68 bits per heavy atom. The van der Waals surface area contributed by atoms with Gasteiger partial charge in [-0.1, -0.05) is 18.2 Å². The van der Waals surface area contributed by atoms with Crippen molar-refractivity contribution in [3.05, 3.63) is 54.1 Å². The van der Waals surface area contributed by atoms with Gasteiger partial charge in [0, 0.05) is 31.0 Å². The van der Waals surface area contributed by atoms with E-state index in [9.17, 15) is 0 Å². The fraction of sp³-hybridized carbons (Fsp3) is 0.350. The molecule has 1 saturated heterocycles. The lowest BCUT2D eigenvalue weighted by Crippen LogP contribution is -2.34. The number of nitrogens with zero attached hydrogens (tertiary/aromatic N) is 1. The van der Waals surface area contributed by atoms with E-state index < -0.39 is 0 Å². The first-order valence-electron chi connectivity index (χ1n) is 8.65. The standard InChI is InChI=1S/C20H25N3OS/c1-15-5-3-4-6-19(15)22-20(25)21-13-16-11-12-23(14-16)17-7-9-18(24-2)10-8-17/h3-10,16H,11-14H2,1-2H3,(H2,21,22,25). The van der Waals surface area contributed by atoms with Crippen molar-refractivity contribution in [2.45, 2.75) is 13.3 Å². The maximum atomic E-state index is 5.43. The molecule has 5 heteroatoms. The fourth-order valence-corrected chi connectivity index (χ4v) is 3.34. The molecule has 0 spiro atoms. The maximum Gasteiger partial charge on any atom is 0.170 e. The molecule has 1 heterocycles. The van der Waals surface area contributed by atoms with Gasteiger partial charge in [0.2, 0.25) is 0 Å². The van der Waals surface area contributed by atoms with Gasteiger partial charge in [-0.25, -0.2) is 0 Å².